The molecule has 0 saturated heterocycles. The van der Waals surface area contributed by atoms with E-state index in [1.165, 1.54) is 0 Å². The van der Waals surface area contributed by atoms with Gasteiger partial charge < -0.3 is 19.3 Å². The first-order valence-corrected chi connectivity index (χ1v) is 7.08. The Hall–Kier alpha value is -0.950. The van der Waals surface area contributed by atoms with Crippen LogP contribution < -0.4 is 5.32 Å². The molecule has 0 aromatic carbocycles. The molecule has 0 fully saturated rings. The molecule has 0 radical (unpaired) electrons. The Morgan fingerprint density at radius 2 is 2.20 bits per heavy atom. The smallest absolute Gasteiger partial charge is 0.151 e. The minimum absolute atomic E-state index is 0.303. The normalized spacial score (nSPS) is 13.1. The molecule has 1 aromatic heterocycles. The molecule has 1 heterocycles. The number of nitrogens with one attached hydrogen (secondary N) is 1. The average molecular weight is 285 g/mol. The number of ether oxygens (including phenoxy) is 2. The highest BCUT2D eigenvalue weighted by Gasteiger charge is 2.16. The highest BCUT2D eigenvalue weighted by atomic mass is 16.5. The first-order valence-electron chi connectivity index (χ1n) is 7.08. The number of hydrogen-bond acceptors (Lipinski definition) is 6. The van der Waals surface area contributed by atoms with Gasteiger partial charge in [0.05, 0.1) is 25.5 Å². The van der Waals surface area contributed by atoms with Crippen molar-refractivity contribution in [2.75, 3.05) is 40.5 Å². The second-order valence-corrected chi connectivity index (χ2v) is 4.83. The van der Waals surface area contributed by atoms with Crippen molar-refractivity contribution in [3.63, 3.8) is 0 Å². The van der Waals surface area contributed by atoms with Gasteiger partial charge in [-0.3, -0.25) is 4.90 Å². The van der Waals surface area contributed by atoms with E-state index in [1.54, 1.807) is 14.2 Å². The van der Waals surface area contributed by atoms with E-state index < -0.39 is 0 Å². The molecule has 1 unspecified atom stereocenters. The summed E-state index contributed by atoms with van der Waals surface area (Å²) >= 11 is 0. The maximum atomic E-state index is 5.39. The molecular formula is C14H27N3O3. The fourth-order valence-corrected chi connectivity index (χ4v) is 1.98. The monoisotopic (exact) mass is 285 g/mol. The third-order valence-electron chi connectivity index (χ3n) is 3.14. The quantitative estimate of drug-likeness (QED) is 0.660. The van der Waals surface area contributed by atoms with Crippen molar-refractivity contribution in [2.24, 2.45) is 0 Å². The van der Waals surface area contributed by atoms with Crippen LogP contribution in [0.1, 0.15) is 25.3 Å². The van der Waals surface area contributed by atoms with Crippen molar-refractivity contribution in [3.05, 3.63) is 17.5 Å². The molecular weight excluding hydrogens is 258 g/mol. The molecule has 0 spiro atoms. The predicted molar refractivity (Wildman–Crippen MR) is 77.5 cm³/mol. The molecule has 0 aliphatic heterocycles. The van der Waals surface area contributed by atoms with Crippen molar-refractivity contribution in [3.8, 4) is 0 Å². The van der Waals surface area contributed by atoms with Crippen LogP contribution in [0.5, 0.6) is 0 Å². The molecule has 1 atom stereocenters. The van der Waals surface area contributed by atoms with Gasteiger partial charge in [0.25, 0.3) is 0 Å². The Kier molecular flexibility index (Phi) is 8.45. The minimum Gasteiger partial charge on any atom is -0.383 e. The lowest BCUT2D eigenvalue weighted by Gasteiger charge is -2.27. The van der Waals surface area contributed by atoms with Crippen LogP contribution >= 0.6 is 0 Å². The van der Waals surface area contributed by atoms with Crippen LogP contribution in [-0.2, 0) is 22.6 Å². The van der Waals surface area contributed by atoms with E-state index in [0.717, 1.165) is 31.1 Å². The Morgan fingerprint density at radius 1 is 1.40 bits per heavy atom. The summed E-state index contributed by atoms with van der Waals surface area (Å²) in [6, 6.07) is 2.31. The lowest BCUT2D eigenvalue weighted by molar-refractivity contribution is 0.0650. The van der Waals surface area contributed by atoms with Crippen LogP contribution in [0.25, 0.3) is 0 Å². The molecule has 1 N–H and O–H groups in total. The van der Waals surface area contributed by atoms with Gasteiger partial charge in [-0.25, -0.2) is 0 Å². The Bertz CT molecular complexity index is 357. The van der Waals surface area contributed by atoms with Crippen molar-refractivity contribution >= 4 is 0 Å². The molecule has 1 rings (SSSR count). The SMILES string of the molecule is CCNCc1cc(CN(CCOC)C(C)COC)on1. The summed E-state index contributed by atoms with van der Waals surface area (Å²) in [6.45, 7) is 8.79. The van der Waals surface area contributed by atoms with E-state index in [4.69, 9.17) is 14.0 Å². The average Bonchev–Trinajstić information content (AvgIpc) is 2.89. The van der Waals surface area contributed by atoms with Crippen LogP contribution in [0.4, 0.5) is 0 Å². The lowest BCUT2D eigenvalue weighted by Crippen LogP contribution is -2.37. The summed E-state index contributed by atoms with van der Waals surface area (Å²) < 4.78 is 15.8. The minimum atomic E-state index is 0.303. The van der Waals surface area contributed by atoms with Gasteiger partial charge in [-0.1, -0.05) is 12.1 Å². The van der Waals surface area contributed by atoms with Crippen LogP contribution in [-0.4, -0.2) is 56.6 Å². The van der Waals surface area contributed by atoms with E-state index >= 15 is 0 Å². The van der Waals surface area contributed by atoms with Crippen molar-refractivity contribution in [2.45, 2.75) is 33.0 Å². The number of nitrogens with zero attached hydrogens (tertiary/aromatic N) is 2. The highest BCUT2D eigenvalue weighted by Crippen LogP contribution is 2.10. The molecule has 116 valence electrons. The summed E-state index contributed by atoms with van der Waals surface area (Å²) in [5, 5.41) is 7.30. The second-order valence-electron chi connectivity index (χ2n) is 4.83. The zero-order valence-electron chi connectivity index (χ0n) is 13.0. The van der Waals surface area contributed by atoms with E-state index in [2.05, 4.69) is 29.2 Å². The Morgan fingerprint density at radius 3 is 2.85 bits per heavy atom. The molecule has 0 bridgehead atoms. The van der Waals surface area contributed by atoms with Gasteiger partial charge in [-0.2, -0.15) is 0 Å². The van der Waals surface area contributed by atoms with Gasteiger partial charge >= 0.3 is 0 Å². The van der Waals surface area contributed by atoms with Crippen LogP contribution in [0.3, 0.4) is 0 Å². The number of methoxy groups -OCH3 is 2. The van der Waals surface area contributed by atoms with E-state index in [0.29, 0.717) is 25.8 Å². The molecule has 20 heavy (non-hydrogen) atoms. The van der Waals surface area contributed by atoms with Gasteiger partial charge in [-0.05, 0) is 13.5 Å². The molecule has 0 saturated carbocycles. The first-order chi connectivity index (χ1) is 9.71. The molecule has 0 aliphatic rings. The fourth-order valence-electron chi connectivity index (χ4n) is 1.98. The molecule has 0 aliphatic carbocycles. The summed E-state index contributed by atoms with van der Waals surface area (Å²) in [4.78, 5) is 2.27. The zero-order valence-corrected chi connectivity index (χ0v) is 13.0. The van der Waals surface area contributed by atoms with Crippen molar-refractivity contribution in [1.29, 1.82) is 0 Å². The van der Waals surface area contributed by atoms with Crippen molar-refractivity contribution in [1.82, 2.24) is 15.4 Å². The van der Waals surface area contributed by atoms with Gasteiger partial charge in [0.15, 0.2) is 5.76 Å². The number of aromatic nitrogens is 1. The second kappa shape index (κ2) is 9.88. The molecule has 6 nitrogen and oxygen atoms in total. The maximum Gasteiger partial charge on any atom is 0.151 e. The van der Waals surface area contributed by atoms with E-state index in [9.17, 15) is 0 Å². The topological polar surface area (TPSA) is 59.8 Å². The molecule has 6 heteroatoms. The van der Waals surface area contributed by atoms with Gasteiger partial charge in [-0.15, -0.1) is 0 Å². The maximum absolute atomic E-state index is 5.39. The summed E-state index contributed by atoms with van der Waals surface area (Å²) in [7, 11) is 3.43. The number of rotatable bonds is 11. The van der Waals surface area contributed by atoms with Crippen LogP contribution in [0, 0.1) is 0 Å². The standard InChI is InChI=1S/C14H27N3O3/c1-5-15-9-13-8-14(20-16-13)10-17(6-7-18-3)12(2)11-19-4/h8,12,15H,5-7,9-11H2,1-4H3. The van der Waals surface area contributed by atoms with Crippen LogP contribution in [0.2, 0.25) is 0 Å². The third kappa shape index (κ3) is 6.00. The van der Waals surface area contributed by atoms with Crippen molar-refractivity contribution < 1.29 is 14.0 Å². The Balaban J connectivity index is 2.56. The van der Waals surface area contributed by atoms with E-state index in [1.807, 2.05) is 6.07 Å². The van der Waals surface area contributed by atoms with Crippen LogP contribution in [0.15, 0.2) is 10.6 Å². The Labute approximate surface area is 121 Å². The van der Waals surface area contributed by atoms with E-state index in [-0.39, 0.29) is 0 Å². The largest absolute Gasteiger partial charge is 0.383 e. The summed E-state index contributed by atoms with van der Waals surface area (Å²) in [6.07, 6.45) is 0. The van der Waals surface area contributed by atoms with Gasteiger partial charge in [0.2, 0.25) is 0 Å². The summed E-state index contributed by atoms with van der Waals surface area (Å²) in [5.41, 5.74) is 0.938. The summed E-state index contributed by atoms with van der Waals surface area (Å²) in [5.74, 6) is 0.872. The first kappa shape index (κ1) is 17.1. The third-order valence-corrected chi connectivity index (χ3v) is 3.14. The number of hydrogen-bond donors (Lipinski definition) is 1. The fraction of sp³-hybridized carbons (Fsp3) is 0.786. The lowest BCUT2D eigenvalue weighted by atomic mass is 10.2. The van der Waals surface area contributed by atoms with Gasteiger partial charge in [0, 0.05) is 39.4 Å². The molecule has 1 aromatic rings. The van der Waals surface area contributed by atoms with Gasteiger partial charge in [0.1, 0.15) is 0 Å². The predicted octanol–water partition coefficient (Wildman–Crippen LogP) is 1.27. The zero-order chi connectivity index (χ0) is 14.8. The molecule has 0 amide bonds. The highest BCUT2D eigenvalue weighted by molar-refractivity contribution is 5.05.